The number of anilines is 1. The van der Waals surface area contributed by atoms with E-state index in [0.717, 1.165) is 22.5 Å². The minimum Gasteiger partial charge on any atom is -0.497 e. The van der Waals surface area contributed by atoms with Crippen molar-refractivity contribution in [2.75, 3.05) is 12.4 Å². The number of aromatic nitrogens is 2. The number of benzene rings is 2. The summed E-state index contributed by atoms with van der Waals surface area (Å²) in [5, 5.41) is 2.95. The molecule has 1 amide bonds. The molecular formula is C22H18BrN3O2. The van der Waals surface area contributed by atoms with Crippen LogP contribution in [0.25, 0.3) is 16.9 Å². The van der Waals surface area contributed by atoms with Crippen LogP contribution in [0.5, 0.6) is 5.75 Å². The SMILES string of the molecule is COc1ccc(Br)c(C(=O)Nc2cccc(-c3cn4cccc(C)c4n3)c2)c1. The lowest BCUT2D eigenvalue weighted by Gasteiger charge is -2.09. The Morgan fingerprint density at radius 2 is 2.00 bits per heavy atom. The molecule has 0 saturated heterocycles. The third-order valence-electron chi connectivity index (χ3n) is 4.51. The van der Waals surface area contributed by atoms with Gasteiger partial charge in [-0.05, 0) is 64.8 Å². The summed E-state index contributed by atoms with van der Waals surface area (Å²) in [4.78, 5) is 17.4. The Kier molecular flexibility index (Phi) is 4.88. The fourth-order valence-electron chi connectivity index (χ4n) is 3.05. The van der Waals surface area contributed by atoms with E-state index >= 15 is 0 Å². The van der Waals surface area contributed by atoms with E-state index in [1.807, 2.05) is 60.1 Å². The molecule has 4 rings (SSSR count). The number of imidazole rings is 1. The van der Waals surface area contributed by atoms with Gasteiger partial charge in [-0.3, -0.25) is 4.79 Å². The fraction of sp³-hybridized carbons (Fsp3) is 0.0909. The lowest BCUT2D eigenvalue weighted by Crippen LogP contribution is -2.12. The quantitative estimate of drug-likeness (QED) is 0.470. The molecule has 1 N–H and O–H groups in total. The summed E-state index contributed by atoms with van der Waals surface area (Å²) in [6.45, 7) is 2.04. The molecule has 2 aromatic heterocycles. The highest BCUT2D eigenvalue weighted by atomic mass is 79.9. The van der Waals surface area contributed by atoms with Gasteiger partial charge < -0.3 is 14.5 Å². The van der Waals surface area contributed by atoms with Crippen molar-refractivity contribution in [3.8, 4) is 17.0 Å². The van der Waals surface area contributed by atoms with E-state index < -0.39 is 0 Å². The number of aryl methyl sites for hydroxylation is 1. The molecule has 0 bridgehead atoms. The number of hydrogen-bond acceptors (Lipinski definition) is 3. The number of ether oxygens (including phenoxy) is 1. The van der Waals surface area contributed by atoms with Crippen LogP contribution in [0, 0.1) is 6.92 Å². The number of amides is 1. The molecule has 0 atom stereocenters. The molecule has 0 saturated carbocycles. The van der Waals surface area contributed by atoms with Crippen LogP contribution in [0.2, 0.25) is 0 Å². The standard InChI is InChI=1S/C22H18BrN3O2/c1-14-5-4-10-26-13-20(25-21(14)26)15-6-3-7-16(11-15)24-22(27)18-12-17(28-2)8-9-19(18)23/h3-13H,1-2H3,(H,24,27). The Balaban J connectivity index is 1.63. The Morgan fingerprint density at radius 1 is 1.14 bits per heavy atom. The van der Waals surface area contributed by atoms with Gasteiger partial charge >= 0.3 is 0 Å². The molecule has 28 heavy (non-hydrogen) atoms. The average molecular weight is 436 g/mol. The molecular weight excluding hydrogens is 418 g/mol. The van der Waals surface area contributed by atoms with Gasteiger partial charge in [0.15, 0.2) is 0 Å². The molecule has 0 aliphatic rings. The maximum Gasteiger partial charge on any atom is 0.256 e. The van der Waals surface area contributed by atoms with Crippen LogP contribution in [0.1, 0.15) is 15.9 Å². The van der Waals surface area contributed by atoms with E-state index in [-0.39, 0.29) is 5.91 Å². The fourth-order valence-corrected chi connectivity index (χ4v) is 3.48. The number of nitrogens with zero attached hydrogens (tertiary/aromatic N) is 2. The predicted octanol–water partition coefficient (Wildman–Crippen LogP) is 5.33. The number of nitrogens with one attached hydrogen (secondary N) is 1. The van der Waals surface area contributed by atoms with E-state index in [4.69, 9.17) is 9.72 Å². The Morgan fingerprint density at radius 3 is 2.79 bits per heavy atom. The zero-order valence-electron chi connectivity index (χ0n) is 15.4. The minimum absolute atomic E-state index is 0.214. The summed E-state index contributed by atoms with van der Waals surface area (Å²) in [6.07, 6.45) is 3.96. The lowest BCUT2D eigenvalue weighted by atomic mass is 10.1. The van der Waals surface area contributed by atoms with Crippen LogP contribution < -0.4 is 10.1 Å². The van der Waals surface area contributed by atoms with Crippen molar-refractivity contribution < 1.29 is 9.53 Å². The molecule has 0 aliphatic heterocycles. The number of methoxy groups -OCH3 is 1. The zero-order valence-corrected chi connectivity index (χ0v) is 17.0. The van der Waals surface area contributed by atoms with Gasteiger partial charge in [-0.1, -0.05) is 18.2 Å². The topological polar surface area (TPSA) is 55.6 Å². The van der Waals surface area contributed by atoms with Gasteiger partial charge in [0, 0.05) is 28.1 Å². The van der Waals surface area contributed by atoms with Crippen molar-refractivity contribution in [1.29, 1.82) is 0 Å². The summed E-state index contributed by atoms with van der Waals surface area (Å²) in [5.74, 6) is 0.413. The molecule has 0 unspecified atom stereocenters. The van der Waals surface area contributed by atoms with Crippen molar-refractivity contribution in [1.82, 2.24) is 9.38 Å². The van der Waals surface area contributed by atoms with Crippen molar-refractivity contribution >= 4 is 33.2 Å². The third kappa shape index (κ3) is 3.51. The third-order valence-corrected chi connectivity index (χ3v) is 5.20. The van der Waals surface area contributed by atoms with Crippen molar-refractivity contribution in [3.63, 3.8) is 0 Å². The summed E-state index contributed by atoms with van der Waals surface area (Å²) in [5.41, 5.74) is 5.03. The summed E-state index contributed by atoms with van der Waals surface area (Å²) >= 11 is 3.42. The largest absolute Gasteiger partial charge is 0.497 e. The Labute approximate surface area is 171 Å². The first-order chi connectivity index (χ1) is 13.5. The maximum atomic E-state index is 12.7. The van der Waals surface area contributed by atoms with E-state index in [1.54, 1.807) is 25.3 Å². The average Bonchev–Trinajstić information content (AvgIpc) is 3.14. The van der Waals surface area contributed by atoms with Gasteiger partial charge in [-0.15, -0.1) is 0 Å². The van der Waals surface area contributed by atoms with Crippen molar-refractivity contribution in [2.24, 2.45) is 0 Å². The Hall–Kier alpha value is -3.12. The van der Waals surface area contributed by atoms with Crippen molar-refractivity contribution in [3.05, 3.63) is 82.6 Å². The Bertz CT molecular complexity index is 1180. The number of pyridine rings is 1. The predicted molar refractivity (Wildman–Crippen MR) is 114 cm³/mol. The lowest BCUT2D eigenvalue weighted by molar-refractivity contribution is 0.102. The molecule has 0 aliphatic carbocycles. The second-order valence-electron chi connectivity index (χ2n) is 6.43. The first-order valence-corrected chi connectivity index (χ1v) is 9.54. The number of halogens is 1. The summed E-state index contributed by atoms with van der Waals surface area (Å²) < 4.78 is 7.92. The highest BCUT2D eigenvalue weighted by molar-refractivity contribution is 9.10. The number of hydrogen-bond donors (Lipinski definition) is 1. The van der Waals surface area contributed by atoms with Crippen LogP contribution in [0.15, 0.2) is 71.5 Å². The number of carbonyl (C=O) groups excluding carboxylic acids is 1. The van der Waals surface area contributed by atoms with Gasteiger partial charge in [0.05, 0.1) is 18.4 Å². The smallest absolute Gasteiger partial charge is 0.256 e. The van der Waals surface area contributed by atoms with Crippen LogP contribution in [0.4, 0.5) is 5.69 Å². The molecule has 5 nitrogen and oxygen atoms in total. The van der Waals surface area contributed by atoms with Crippen LogP contribution >= 0.6 is 15.9 Å². The molecule has 6 heteroatoms. The molecule has 0 fully saturated rings. The van der Waals surface area contributed by atoms with Crippen LogP contribution in [-0.4, -0.2) is 22.4 Å². The van der Waals surface area contributed by atoms with E-state index in [9.17, 15) is 4.79 Å². The highest BCUT2D eigenvalue weighted by Gasteiger charge is 2.13. The van der Waals surface area contributed by atoms with Crippen molar-refractivity contribution in [2.45, 2.75) is 6.92 Å². The minimum atomic E-state index is -0.214. The first kappa shape index (κ1) is 18.3. The molecule has 2 aromatic carbocycles. The first-order valence-electron chi connectivity index (χ1n) is 8.75. The summed E-state index contributed by atoms with van der Waals surface area (Å²) in [7, 11) is 1.57. The second-order valence-corrected chi connectivity index (χ2v) is 7.28. The molecule has 2 heterocycles. The van der Waals surface area contributed by atoms with Gasteiger partial charge in [-0.2, -0.15) is 0 Å². The zero-order chi connectivity index (χ0) is 19.7. The maximum absolute atomic E-state index is 12.7. The molecule has 0 spiro atoms. The van der Waals surface area contributed by atoms with Gasteiger partial charge in [0.1, 0.15) is 11.4 Å². The van der Waals surface area contributed by atoms with Gasteiger partial charge in [0.25, 0.3) is 5.91 Å². The van der Waals surface area contributed by atoms with Crippen LogP contribution in [0.3, 0.4) is 0 Å². The highest BCUT2D eigenvalue weighted by Crippen LogP contribution is 2.26. The van der Waals surface area contributed by atoms with Crippen LogP contribution in [-0.2, 0) is 0 Å². The molecule has 0 radical (unpaired) electrons. The molecule has 4 aromatic rings. The second kappa shape index (κ2) is 7.48. The normalized spacial score (nSPS) is 10.8. The van der Waals surface area contributed by atoms with E-state index in [0.29, 0.717) is 21.5 Å². The summed E-state index contributed by atoms with van der Waals surface area (Å²) in [6, 6.07) is 17.0. The number of rotatable bonds is 4. The number of carbonyl (C=O) groups is 1. The van der Waals surface area contributed by atoms with Gasteiger partial charge in [0.2, 0.25) is 0 Å². The van der Waals surface area contributed by atoms with Gasteiger partial charge in [-0.25, -0.2) is 4.98 Å². The molecule has 140 valence electrons. The van der Waals surface area contributed by atoms with E-state index in [2.05, 4.69) is 21.2 Å². The number of fused-ring (bicyclic) bond motifs is 1. The monoisotopic (exact) mass is 435 g/mol. The van der Waals surface area contributed by atoms with E-state index in [1.165, 1.54) is 0 Å².